The van der Waals surface area contributed by atoms with Crippen LogP contribution in [0.1, 0.15) is 19.4 Å². The van der Waals surface area contributed by atoms with Gasteiger partial charge in [-0.25, -0.2) is 8.42 Å². The highest BCUT2D eigenvalue weighted by atomic mass is 32.2. The molecule has 1 rings (SSSR count). The van der Waals surface area contributed by atoms with Crippen molar-refractivity contribution in [2.24, 2.45) is 0 Å². The monoisotopic (exact) mass is 282 g/mol. The van der Waals surface area contributed by atoms with Crippen molar-refractivity contribution >= 4 is 10.0 Å². The lowest BCUT2D eigenvalue weighted by molar-refractivity contribution is 0.493. The van der Waals surface area contributed by atoms with Crippen LogP contribution in [-0.2, 0) is 16.6 Å². The van der Waals surface area contributed by atoms with Crippen LogP contribution >= 0.6 is 0 Å². The summed E-state index contributed by atoms with van der Waals surface area (Å²) >= 11 is 0. The Bertz CT molecular complexity index is 521. The van der Waals surface area contributed by atoms with E-state index in [0.717, 1.165) is 24.2 Å². The topological polar surface area (TPSA) is 49.4 Å². The van der Waals surface area contributed by atoms with Crippen LogP contribution in [0, 0.1) is 0 Å². The third-order valence-corrected chi connectivity index (χ3v) is 4.52. The molecule has 0 saturated carbocycles. The molecule has 0 aliphatic carbocycles. The molecule has 1 N–H and O–H groups in total. The number of nitrogens with zero attached hydrogens (tertiary/aromatic N) is 1. The van der Waals surface area contributed by atoms with E-state index < -0.39 is 10.0 Å². The number of sulfonamides is 1. The molecule has 0 heterocycles. The van der Waals surface area contributed by atoms with E-state index >= 15 is 0 Å². The zero-order valence-electron chi connectivity index (χ0n) is 11.8. The van der Waals surface area contributed by atoms with Gasteiger partial charge in [-0.05, 0) is 31.2 Å². The highest BCUT2D eigenvalue weighted by molar-refractivity contribution is 7.89. The Morgan fingerprint density at radius 1 is 1.32 bits per heavy atom. The van der Waals surface area contributed by atoms with Crippen molar-refractivity contribution in [2.45, 2.75) is 25.3 Å². The number of nitrogens with one attached hydrogen (secondary N) is 1. The van der Waals surface area contributed by atoms with Crippen LogP contribution < -0.4 is 5.32 Å². The van der Waals surface area contributed by atoms with Crippen molar-refractivity contribution in [2.75, 3.05) is 20.1 Å². The number of hydrogen-bond acceptors (Lipinski definition) is 3. The van der Waals surface area contributed by atoms with Crippen LogP contribution in [0.4, 0.5) is 0 Å². The second kappa shape index (κ2) is 6.84. The minimum atomic E-state index is -3.42. The van der Waals surface area contributed by atoms with E-state index in [-0.39, 0.29) is 0 Å². The predicted molar refractivity (Wildman–Crippen MR) is 78.5 cm³/mol. The highest BCUT2D eigenvalue weighted by Gasteiger charge is 2.20. The molecule has 106 valence electrons. The Hall–Kier alpha value is -1.17. The quantitative estimate of drug-likeness (QED) is 0.778. The zero-order chi connectivity index (χ0) is 14.5. The van der Waals surface area contributed by atoms with Crippen LogP contribution in [0.3, 0.4) is 0 Å². The van der Waals surface area contributed by atoms with Crippen LogP contribution in [-0.4, -0.2) is 32.9 Å². The van der Waals surface area contributed by atoms with Crippen molar-refractivity contribution in [1.29, 1.82) is 0 Å². The van der Waals surface area contributed by atoms with Crippen LogP contribution in [0.5, 0.6) is 0 Å². The largest absolute Gasteiger partial charge is 0.313 e. The van der Waals surface area contributed by atoms with Gasteiger partial charge in [-0.3, -0.25) is 0 Å². The van der Waals surface area contributed by atoms with Crippen molar-refractivity contribution in [1.82, 2.24) is 9.62 Å². The fourth-order valence-electron chi connectivity index (χ4n) is 1.69. The van der Waals surface area contributed by atoms with E-state index in [1.807, 2.05) is 26.0 Å². The van der Waals surface area contributed by atoms with Crippen molar-refractivity contribution in [3.63, 3.8) is 0 Å². The summed E-state index contributed by atoms with van der Waals surface area (Å²) in [5, 5.41) is 3.20. The molecule has 0 atom stereocenters. The van der Waals surface area contributed by atoms with Gasteiger partial charge in [0.05, 0.1) is 4.90 Å². The van der Waals surface area contributed by atoms with Gasteiger partial charge in [0.2, 0.25) is 10.0 Å². The molecule has 1 aromatic rings. The summed E-state index contributed by atoms with van der Waals surface area (Å²) in [6, 6.07) is 6.97. The fourth-order valence-corrected chi connectivity index (χ4v) is 2.92. The molecule has 0 spiro atoms. The maximum absolute atomic E-state index is 12.3. The Kier molecular flexibility index (Phi) is 5.72. The van der Waals surface area contributed by atoms with Gasteiger partial charge in [0.1, 0.15) is 0 Å². The van der Waals surface area contributed by atoms with Gasteiger partial charge in [-0.15, -0.1) is 0 Å². The number of likely N-dealkylation sites (N-methyl/N-ethyl adjacent to an activating group) is 1. The third-order valence-electron chi connectivity index (χ3n) is 2.70. The summed E-state index contributed by atoms with van der Waals surface area (Å²) in [5.41, 5.74) is 1.89. The molecule has 1 aromatic carbocycles. The van der Waals surface area contributed by atoms with Gasteiger partial charge >= 0.3 is 0 Å². The average molecular weight is 282 g/mol. The highest BCUT2D eigenvalue weighted by Crippen LogP contribution is 2.16. The fraction of sp³-hybridized carbons (Fsp3) is 0.429. The Morgan fingerprint density at radius 2 is 1.89 bits per heavy atom. The first-order chi connectivity index (χ1) is 8.87. The molecule has 0 amide bonds. The lowest BCUT2D eigenvalue weighted by atomic mass is 10.2. The number of rotatable bonds is 7. The van der Waals surface area contributed by atoms with E-state index in [1.54, 1.807) is 19.2 Å². The molecule has 0 bridgehead atoms. The van der Waals surface area contributed by atoms with Gasteiger partial charge in [0, 0.05) is 20.1 Å². The summed E-state index contributed by atoms with van der Waals surface area (Å²) in [6.07, 6.45) is 0. The second-order valence-electron chi connectivity index (χ2n) is 4.64. The van der Waals surface area contributed by atoms with Gasteiger partial charge < -0.3 is 5.32 Å². The standard InChI is InChI=1S/C14H22N2O2S/c1-5-15-10-13-6-8-14(9-7-13)19(17,18)16(4)11-12(2)3/h6-9,15H,2,5,10-11H2,1,3-4H3. The molecular formula is C14H22N2O2S. The van der Waals surface area contributed by atoms with Crippen LogP contribution in [0.25, 0.3) is 0 Å². The SMILES string of the molecule is C=C(C)CN(C)S(=O)(=O)c1ccc(CNCC)cc1. The van der Waals surface area contributed by atoms with Crippen molar-refractivity contribution in [3.05, 3.63) is 42.0 Å². The zero-order valence-corrected chi connectivity index (χ0v) is 12.6. The molecule has 0 aromatic heterocycles. The van der Waals surface area contributed by atoms with E-state index in [1.165, 1.54) is 4.31 Å². The van der Waals surface area contributed by atoms with Gasteiger partial charge in [-0.1, -0.05) is 31.2 Å². The molecule has 19 heavy (non-hydrogen) atoms. The minimum absolute atomic E-state index is 0.316. The summed E-state index contributed by atoms with van der Waals surface area (Å²) in [5.74, 6) is 0. The van der Waals surface area contributed by atoms with Gasteiger partial charge in [0.15, 0.2) is 0 Å². The lowest BCUT2D eigenvalue weighted by Crippen LogP contribution is -2.28. The van der Waals surface area contributed by atoms with Gasteiger partial charge in [-0.2, -0.15) is 4.31 Å². The van der Waals surface area contributed by atoms with E-state index in [9.17, 15) is 8.42 Å². The normalized spacial score (nSPS) is 11.8. The van der Waals surface area contributed by atoms with E-state index in [2.05, 4.69) is 11.9 Å². The maximum atomic E-state index is 12.3. The van der Waals surface area contributed by atoms with E-state index in [4.69, 9.17) is 0 Å². The van der Waals surface area contributed by atoms with E-state index in [0.29, 0.717) is 11.4 Å². The molecule has 5 heteroatoms. The summed E-state index contributed by atoms with van der Waals surface area (Å²) in [4.78, 5) is 0.316. The smallest absolute Gasteiger partial charge is 0.243 e. The maximum Gasteiger partial charge on any atom is 0.243 e. The molecular weight excluding hydrogens is 260 g/mol. The first kappa shape index (κ1) is 15.9. The van der Waals surface area contributed by atoms with Crippen LogP contribution in [0.15, 0.2) is 41.3 Å². The van der Waals surface area contributed by atoms with Crippen LogP contribution in [0.2, 0.25) is 0 Å². The molecule has 0 aliphatic rings. The second-order valence-corrected chi connectivity index (χ2v) is 6.69. The molecule has 0 aliphatic heterocycles. The summed E-state index contributed by atoms with van der Waals surface area (Å²) in [6.45, 7) is 9.55. The lowest BCUT2D eigenvalue weighted by Gasteiger charge is -2.17. The predicted octanol–water partition coefficient (Wildman–Crippen LogP) is 1.99. The first-order valence-electron chi connectivity index (χ1n) is 6.28. The molecule has 0 fully saturated rings. The molecule has 0 radical (unpaired) electrons. The van der Waals surface area contributed by atoms with Crippen molar-refractivity contribution < 1.29 is 8.42 Å². The minimum Gasteiger partial charge on any atom is -0.313 e. The third kappa shape index (κ3) is 4.45. The average Bonchev–Trinajstić information content (AvgIpc) is 2.36. The first-order valence-corrected chi connectivity index (χ1v) is 7.72. The Labute approximate surface area is 116 Å². The number of hydrogen-bond donors (Lipinski definition) is 1. The molecule has 4 nitrogen and oxygen atoms in total. The Morgan fingerprint density at radius 3 is 2.37 bits per heavy atom. The summed E-state index contributed by atoms with van der Waals surface area (Å²) in [7, 11) is -1.85. The Balaban J connectivity index is 2.87. The summed E-state index contributed by atoms with van der Waals surface area (Å²) < 4.78 is 25.8. The van der Waals surface area contributed by atoms with Gasteiger partial charge in [0.25, 0.3) is 0 Å². The molecule has 0 saturated heterocycles. The molecule has 0 unspecified atom stereocenters. The number of benzene rings is 1. The van der Waals surface area contributed by atoms with Crippen molar-refractivity contribution in [3.8, 4) is 0 Å².